The Labute approximate surface area is 228 Å². The molecule has 204 valence electrons. The molecule has 0 aliphatic carbocycles. The average molecular weight is 542 g/mol. The van der Waals surface area contributed by atoms with Crippen LogP contribution in [0.2, 0.25) is 5.02 Å². The second-order valence-corrected chi connectivity index (χ2v) is 11.3. The highest BCUT2D eigenvalue weighted by molar-refractivity contribution is 6.34. The SMILES string of the molecule is CCCN1CC=C[C@]2(C)O[C@]34C=CCN(c5c(C)cccc5Cl)C(=O)C3N([C@@H](CC)CO)C(=O)[C@@H]4[C@@H]2C1=O. The van der Waals surface area contributed by atoms with Crippen molar-refractivity contribution in [3.05, 3.63) is 53.1 Å². The van der Waals surface area contributed by atoms with Gasteiger partial charge >= 0.3 is 0 Å². The molecule has 1 N–H and O–H groups in total. The van der Waals surface area contributed by atoms with Crippen LogP contribution >= 0.6 is 11.6 Å². The van der Waals surface area contributed by atoms with E-state index in [1.54, 1.807) is 15.9 Å². The minimum absolute atomic E-state index is 0.142. The largest absolute Gasteiger partial charge is 0.394 e. The number of aliphatic hydroxyl groups is 1. The van der Waals surface area contributed by atoms with E-state index in [0.29, 0.717) is 30.2 Å². The van der Waals surface area contributed by atoms with Gasteiger partial charge < -0.3 is 24.5 Å². The van der Waals surface area contributed by atoms with Crippen LogP contribution in [0.3, 0.4) is 0 Å². The highest BCUT2D eigenvalue weighted by atomic mass is 35.5. The molecule has 4 heterocycles. The lowest BCUT2D eigenvalue weighted by atomic mass is 9.74. The third kappa shape index (κ3) is 3.75. The van der Waals surface area contributed by atoms with E-state index in [1.807, 2.05) is 64.1 Å². The van der Waals surface area contributed by atoms with Gasteiger partial charge in [0.2, 0.25) is 11.8 Å². The Morgan fingerprint density at radius 2 is 1.82 bits per heavy atom. The van der Waals surface area contributed by atoms with Crippen LogP contribution in [0.1, 0.15) is 39.2 Å². The second-order valence-electron chi connectivity index (χ2n) is 10.9. The standard InChI is InChI=1S/C29H36ClN3O5/c1-5-14-31-15-8-12-28(4)21(25(31)35)22-26(36)33(19(6-2)17-34)24-27(37)32(16-9-13-29(22,24)38-28)23-18(3)10-7-11-20(23)30/h7-13,19,21-22,24,34H,5-6,14-17H2,1-4H3/t19-,21+,22-,24?,28-,29-/m0/s1. The zero-order valence-electron chi connectivity index (χ0n) is 22.4. The maximum absolute atomic E-state index is 14.5. The molecule has 5 rings (SSSR count). The number of amides is 3. The number of ether oxygens (including phenoxy) is 1. The molecule has 2 fully saturated rings. The predicted molar refractivity (Wildman–Crippen MR) is 145 cm³/mol. The van der Waals surface area contributed by atoms with Crippen molar-refractivity contribution in [3.8, 4) is 0 Å². The van der Waals surface area contributed by atoms with Crippen molar-refractivity contribution in [2.45, 2.75) is 63.8 Å². The molecule has 1 unspecified atom stereocenters. The molecule has 1 aromatic carbocycles. The smallest absolute Gasteiger partial charge is 0.253 e. The van der Waals surface area contributed by atoms with Gasteiger partial charge in [0, 0.05) is 19.6 Å². The Bertz CT molecular complexity index is 1190. The van der Waals surface area contributed by atoms with Gasteiger partial charge in [-0.3, -0.25) is 14.4 Å². The molecule has 0 bridgehead atoms. The molecular formula is C29H36ClN3O5. The lowest BCUT2D eigenvalue weighted by molar-refractivity contribution is -0.151. The van der Waals surface area contributed by atoms with Gasteiger partial charge in [-0.2, -0.15) is 0 Å². The summed E-state index contributed by atoms with van der Waals surface area (Å²) in [6.45, 7) is 8.56. The van der Waals surface area contributed by atoms with Gasteiger partial charge in [-0.25, -0.2) is 0 Å². The van der Waals surface area contributed by atoms with Crippen LogP contribution < -0.4 is 4.90 Å². The highest BCUT2D eigenvalue weighted by Gasteiger charge is 2.75. The Morgan fingerprint density at radius 1 is 1.08 bits per heavy atom. The quantitative estimate of drug-likeness (QED) is 0.559. The topological polar surface area (TPSA) is 90.4 Å². The number of carbonyl (C=O) groups is 3. The molecule has 9 heteroatoms. The van der Waals surface area contributed by atoms with Crippen molar-refractivity contribution in [1.29, 1.82) is 0 Å². The van der Waals surface area contributed by atoms with Crippen LogP contribution in [-0.4, -0.2) is 82.2 Å². The number of nitrogens with zero attached hydrogens (tertiary/aromatic N) is 3. The Morgan fingerprint density at radius 3 is 2.47 bits per heavy atom. The van der Waals surface area contributed by atoms with E-state index < -0.39 is 35.1 Å². The zero-order chi connectivity index (χ0) is 27.4. The van der Waals surface area contributed by atoms with E-state index in [-0.39, 0.29) is 30.9 Å². The number of anilines is 1. The molecule has 2 saturated heterocycles. The third-order valence-corrected chi connectivity index (χ3v) is 8.91. The number of halogens is 1. The molecular weight excluding hydrogens is 506 g/mol. The van der Waals surface area contributed by atoms with Gasteiger partial charge in [-0.05, 0) is 38.3 Å². The minimum Gasteiger partial charge on any atom is -0.394 e. The van der Waals surface area contributed by atoms with Crippen LogP contribution in [0.4, 0.5) is 5.69 Å². The molecule has 38 heavy (non-hydrogen) atoms. The Balaban J connectivity index is 1.69. The lowest BCUT2D eigenvalue weighted by Gasteiger charge is -2.40. The van der Waals surface area contributed by atoms with Crippen LogP contribution in [0.5, 0.6) is 0 Å². The lowest BCUT2D eigenvalue weighted by Crippen LogP contribution is -2.59. The second kappa shape index (κ2) is 9.81. The molecule has 3 amide bonds. The number of likely N-dealkylation sites (tertiary alicyclic amines) is 1. The first-order valence-electron chi connectivity index (χ1n) is 13.5. The normalized spacial score (nSPS) is 33.3. The maximum Gasteiger partial charge on any atom is 0.253 e. The molecule has 0 saturated carbocycles. The molecule has 1 aromatic rings. The zero-order valence-corrected chi connectivity index (χ0v) is 23.1. The van der Waals surface area contributed by atoms with Crippen LogP contribution in [0.25, 0.3) is 0 Å². The van der Waals surface area contributed by atoms with Crippen LogP contribution in [0, 0.1) is 18.8 Å². The van der Waals surface area contributed by atoms with Gasteiger partial charge in [0.05, 0.1) is 40.8 Å². The van der Waals surface area contributed by atoms with E-state index in [2.05, 4.69) is 0 Å². The summed E-state index contributed by atoms with van der Waals surface area (Å²) in [6.07, 6.45) is 8.70. The number of carbonyl (C=O) groups excluding carboxylic acids is 3. The van der Waals surface area contributed by atoms with Gasteiger partial charge in [0.25, 0.3) is 5.91 Å². The fourth-order valence-electron chi connectivity index (χ4n) is 6.96. The van der Waals surface area contributed by atoms with Crippen molar-refractivity contribution in [3.63, 3.8) is 0 Å². The summed E-state index contributed by atoms with van der Waals surface area (Å²) in [7, 11) is 0. The van der Waals surface area contributed by atoms with E-state index in [4.69, 9.17) is 16.3 Å². The number of hydrogen-bond donors (Lipinski definition) is 1. The molecule has 1 spiro atoms. The van der Waals surface area contributed by atoms with Gasteiger partial charge in [-0.1, -0.05) is 61.9 Å². The Kier molecular flexibility index (Phi) is 6.95. The molecule has 0 radical (unpaired) electrons. The van der Waals surface area contributed by atoms with Crippen molar-refractivity contribution in [1.82, 2.24) is 9.80 Å². The number of aryl methyl sites for hydroxylation is 1. The van der Waals surface area contributed by atoms with Gasteiger partial charge in [-0.15, -0.1) is 0 Å². The molecule has 0 aromatic heterocycles. The Hall–Kier alpha value is -2.68. The number of fused-ring (bicyclic) bond motifs is 2. The van der Waals surface area contributed by atoms with E-state index in [1.165, 1.54) is 4.90 Å². The van der Waals surface area contributed by atoms with Crippen molar-refractivity contribution >= 4 is 35.0 Å². The average Bonchev–Trinajstić information content (AvgIpc) is 3.15. The summed E-state index contributed by atoms with van der Waals surface area (Å²) in [5.41, 5.74) is -1.02. The fraction of sp³-hybridized carbons (Fsp3) is 0.552. The molecule has 8 nitrogen and oxygen atoms in total. The number of hydrogen-bond acceptors (Lipinski definition) is 5. The summed E-state index contributed by atoms with van der Waals surface area (Å²) in [5.74, 6) is -2.51. The summed E-state index contributed by atoms with van der Waals surface area (Å²) in [6, 6.07) is 3.80. The first-order valence-corrected chi connectivity index (χ1v) is 13.9. The molecule has 6 atom stereocenters. The fourth-order valence-corrected chi connectivity index (χ4v) is 7.28. The number of benzene rings is 1. The van der Waals surface area contributed by atoms with E-state index >= 15 is 0 Å². The number of rotatable bonds is 6. The van der Waals surface area contributed by atoms with Crippen molar-refractivity contribution < 1.29 is 24.2 Å². The monoisotopic (exact) mass is 541 g/mol. The minimum atomic E-state index is -1.37. The third-order valence-electron chi connectivity index (χ3n) is 8.61. The van der Waals surface area contributed by atoms with Crippen molar-refractivity contribution in [2.75, 3.05) is 31.1 Å². The van der Waals surface area contributed by atoms with Crippen LogP contribution in [-0.2, 0) is 19.1 Å². The first-order chi connectivity index (χ1) is 18.1. The van der Waals surface area contributed by atoms with Crippen LogP contribution in [0.15, 0.2) is 42.5 Å². The summed E-state index contributed by atoms with van der Waals surface area (Å²) in [5, 5.41) is 10.7. The van der Waals surface area contributed by atoms with E-state index in [0.717, 1.165) is 12.0 Å². The molecule has 4 aliphatic rings. The predicted octanol–water partition coefficient (Wildman–Crippen LogP) is 3.10. The molecule has 4 aliphatic heterocycles. The van der Waals surface area contributed by atoms with Crippen molar-refractivity contribution in [2.24, 2.45) is 11.8 Å². The summed E-state index contributed by atoms with van der Waals surface area (Å²) >= 11 is 6.59. The van der Waals surface area contributed by atoms with E-state index in [9.17, 15) is 19.5 Å². The highest BCUT2D eigenvalue weighted by Crippen LogP contribution is 2.58. The summed E-state index contributed by atoms with van der Waals surface area (Å²) < 4.78 is 6.83. The van der Waals surface area contributed by atoms with Gasteiger partial charge in [0.1, 0.15) is 11.6 Å². The first kappa shape index (κ1) is 26.9. The van der Waals surface area contributed by atoms with Gasteiger partial charge in [0.15, 0.2) is 0 Å². The summed E-state index contributed by atoms with van der Waals surface area (Å²) in [4.78, 5) is 47.8. The number of aliphatic hydroxyl groups excluding tert-OH is 1. The maximum atomic E-state index is 14.5. The number of para-hydroxylation sites is 1.